The molecular formula is C15H13NO5. The molecule has 6 nitrogen and oxygen atoms in total. The van der Waals surface area contributed by atoms with Crippen molar-refractivity contribution in [1.82, 2.24) is 0 Å². The van der Waals surface area contributed by atoms with Gasteiger partial charge in [0, 0.05) is 0 Å². The van der Waals surface area contributed by atoms with Gasteiger partial charge in [-0.3, -0.25) is 14.9 Å². The molecule has 0 saturated carbocycles. The van der Waals surface area contributed by atoms with E-state index >= 15 is 0 Å². The average molecular weight is 287 g/mol. The fourth-order valence-corrected chi connectivity index (χ4v) is 1.86. The van der Waals surface area contributed by atoms with Gasteiger partial charge in [0.1, 0.15) is 11.5 Å². The summed E-state index contributed by atoms with van der Waals surface area (Å²) in [5, 5.41) is 11.0. The molecule has 108 valence electrons. The van der Waals surface area contributed by atoms with Gasteiger partial charge in [0.25, 0.3) is 0 Å². The van der Waals surface area contributed by atoms with Gasteiger partial charge in [-0.25, -0.2) is 0 Å². The summed E-state index contributed by atoms with van der Waals surface area (Å²) < 4.78 is 10.5. The summed E-state index contributed by atoms with van der Waals surface area (Å²) >= 11 is 0. The minimum atomic E-state index is -0.554. The van der Waals surface area contributed by atoms with E-state index in [9.17, 15) is 14.9 Å². The van der Waals surface area contributed by atoms with Crippen LogP contribution in [0.1, 0.15) is 15.9 Å². The zero-order valence-corrected chi connectivity index (χ0v) is 11.5. The van der Waals surface area contributed by atoms with Crippen LogP contribution in [0.2, 0.25) is 0 Å². The Morgan fingerprint density at radius 2 is 1.86 bits per heavy atom. The van der Waals surface area contributed by atoms with Crippen LogP contribution in [-0.2, 0) is 0 Å². The Bertz CT molecular complexity index is 696. The molecule has 0 bridgehead atoms. The van der Waals surface area contributed by atoms with Crippen molar-refractivity contribution in [3.8, 4) is 17.2 Å². The van der Waals surface area contributed by atoms with Crippen molar-refractivity contribution in [2.75, 3.05) is 7.11 Å². The molecule has 2 aromatic carbocycles. The summed E-state index contributed by atoms with van der Waals surface area (Å²) in [5.74, 6) is 0.747. The van der Waals surface area contributed by atoms with Crippen LogP contribution in [0.5, 0.6) is 17.2 Å². The smallest absolute Gasteiger partial charge is 0.314 e. The van der Waals surface area contributed by atoms with E-state index in [0.29, 0.717) is 17.6 Å². The lowest BCUT2D eigenvalue weighted by Crippen LogP contribution is -1.96. The van der Waals surface area contributed by atoms with Crippen molar-refractivity contribution in [2.24, 2.45) is 0 Å². The molecule has 0 saturated heterocycles. The van der Waals surface area contributed by atoms with Gasteiger partial charge in [-0.05, 0) is 31.2 Å². The first-order valence-corrected chi connectivity index (χ1v) is 6.11. The third kappa shape index (κ3) is 3.17. The number of aldehydes is 1. The topological polar surface area (TPSA) is 78.7 Å². The van der Waals surface area contributed by atoms with Gasteiger partial charge >= 0.3 is 5.69 Å². The normalized spacial score (nSPS) is 10.0. The number of methoxy groups -OCH3 is 1. The van der Waals surface area contributed by atoms with Crippen LogP contribution in [0.25, 0.3) is 0 Å². The molecule has 2 aromatic rings. The maximum atomic E-state index is 11.0. The summed E-state index contributed by atoms with van der Waals surface area (Å²) in [7, 11) is 1.35. The summed E-state index contributed by atoms with van der Waals surface area (Å²) in [5.41, 5.74) is 1.10. The first kappa shape index (κ1) is 14.5. The van der Waals surface area contributed by atoms with Crippen LogP contribution in [0.15, 0.2) is 36.4 Å². The molecule has 0 amide bonds. The molecule has 0 aliphatic carbocycles. The second-order valence-corrected chi connectivity index (χ2v) is 4.35. The van der Waals surface area contributed by atoms with E-state index < -0.39 is 4.92 Å². The zero-order chi connectivity index (χ0) is 15.4. The number of hydrogen-bond donors (Lipinski definition) is 0. The van der Waals surface area contributed by atoms with E-state index in [1.165, 1.54) is 19.2 Å². The lowest BCUT2D eigenvalue weighted by molar-refractivity contribution is -0.385. The van der Waals surface area contributed by atoms with Crippen LogP contribution in [0.4, 0.5) is 5.69 Å². The molecule has 0 atom stereocenters. The van der Waals surface area contributed by atoms with E-state index in [2.05, 4.69) is 0 Å². The molecule has 0 fully saturated rings. The Balaban J connectivity index is 2.38. The molecule has 0 aromatic heterocycles. The number of aryl methyl sites for hydroxylation is 1. The standard InChI is InChI=1S/C15H13NO5/c1-10-3-5-14(11(7-10)9-17)21-12-4-6-15(20-2)13(8-12)16(18)19/h3-9H,1-2H3. The summed E-state index contributed by atoms with van der Waals surface area (Å²) in [6.07, 6.45) is 0.681. The lowest BCUT2D eigenvalue weighted by Gasteiger charge is -2.09. The SMILES string of the molecule is COc1ccc(Oc2ccc(C)cc2C=O)cc1[N+](=O)[O-]. The number of carbonyl (C=O) groups excluding carboxylic acids is 1. The first-order valence-electron chi connectivity index (χ1n) is 6.11. The van der Waals surface area contributed by atoms with Gasteiger partial charge in [0.05, 0.1) is 23.7 Å². The van der Waals surface area contributed by atoms with E-state index in [1.54, 1.807) is 24.3 Å². The quantitative estimate of drug-likeness (QED) is 0.477. The highest BCUT2D eigenvalue weighted by molar-refractivity contribution is 5.79. The second kappa shape index (κ2) is 6.04. The number of nitro groups is 1. The molecule has 0 aliphatic rings. The van der Waals surface area contributed by atoms with E-state index in [4.69, 9.17) is 9.47 Å². The molecule has 0 unspecified atom stereocenters. The number of ether oxygens (including phenoxy) is 2. The van der Waals surface area contributed by atoms with Crippen LogP contribution >= 0.6 is 0 Å². The molecule has 0 spiro atoms. The Hall–Kier alpha value is -2.89. The predicted octanol–water partition coefficient (Wildman–Crippen LogP) is 3.52. The minimum Gasteiger partial charge on any atom is -0.490 e. The third-order valence-electron chi connectivity index (χ3n) is 2.87. The van der Waals surface area contributed by atoms with Gasteiger partial charge in [-0.15, -0.1) is 0 Å². The van der Waals surface area contributed by atoms with Crippen molar-refractivity contribution >= 4 is 12.0 Å². The van der Waals surface area contributed by atoms with Crippen molar-refractivity contribution < 1.29 is 19.2 Å². The van der Waals surface area contributed by atoms with Crippen LogP contribution < -0.4 is 9.47 Å². The van der Waals surface area contributed by atoms with Crippen molar-refractivity contribution in [1.29, 1.82) is 0 Å². The maximum Gasteiger partial charge on any atom is 0.314 e. The van der Waals surface area contributed by atoms with Gasteiger partial charge in [-0.1, -0.05) is 11.6 Å². The number of hydrogen-bond acceptors (Lipinski definition) is 5. The van der Waals surface area contributed by atoms with Crippen LogP contribution in [-0.4, -0.2) is 18.3 Å². The van der Waals surface area contributed by atoms with Gasteiger partial charge in [0.15, 0.2) is 12.0 Å². The van der Waals surface area contributed by atoms with Gasteiger partial charge in [-0.2, -0.15) is 0 Å². The van der Waals surface area contributed by atoms with Crippen molar-refractivity contribution in [3.05, 3.63) is 57.6 Å². The van der Waals surface area contributed by atoms with Crippen LogP contribution in [0.3, 0.4) is 0 Å². The molecule has 2 rings (SSSR count). The minimum absolute atomic E-state index is 0.145. The van der Waals surface area contributed by atoms with E-state index in [1.807, 2.05) is 6.92 Å². The molecule has 6 heteroatoms. The predicted molar refractivity (Wildman–Crippen MR) is 76.3 cm³/mol. The van der Waals surface area contributed by atoms with Crippen molar-refractivity contribution in [3.63, 3.8) is 0 Å². The summed E-state index contributed by atoms with van der Waals surface area (Å²) in [6, 6.07) is 9.37. The summed E-state index contributed by atoms with van der Waals surface area (Å²) in [4.78, 5) is 21.4. The molecule has 21 heavy (non-hydrogen) atoms. The molecule has 0 aliphatic heterocycles. The Morgan fingerprint density at radius 3 is 2.48 bits per heavy atom. The number of nitro benzene ring substituents is 1. The molecule has 0 N–H and O–H groups in total. The third-order valence-corrected chi connectivity index (χ3v) is 2.87. The monoisotopic (exact) mass is 287 g/mol. The van der Waals surface area contributed by atoms with Crippen LogP contribution in [0, 0.1) is 17.0 Å². The maximum absolute atomic E-state index is 11.0. The Labute approximate surface area is 121 Å². The molecule has 0 radical (unpaired) electrons. The fourth-order valence-electron chi connectivity index (χ4n) is 1.86. The highest BCUT2D eigenvalue weighted by Crippen LogP contribution is 2.33. The van der Waals surface area contributed by atoms with E-state index in [-0.39, 0.29) is 17.2 Å². The van der Waals surface area contributed by atoms with Gasteiger partial charge < -0.3 is 9.47 Å². The highest BCUT2D eigenvalue weighted by Gasteiger charge is 2.16. The number of nitrogens with zero attached hydrogens (tertiary/aromatic N) is 1. The Morgan fingerprint density at radius 1 is 1.14 bits per heavy atom. The summed E-state index contributed by atoms with van der Waals surface area (Å²) in [6.45, 7) is 1.86. The lowest BCUT2D eigenvalue weighted by atomic mass is 10.1. The first-order chi connectivity index (χ1) is 10.0. The molecule has 0 heterocycles. The zero-order valence-electron chi connectivity index (χ0n) is 11.5. The highest BCUT2D eigenvalue weighted by atomic mass is 16.6. The fraction of sp³-hybridized carbons (Fsp3) is 0.133. The van der Waals surface area contributed by atoms with Crippen molar-refractivity contribution in [2.45, 2.75) is 6.92 Å². The Kier molecular flexibility index (Phi) is 4.18. The average Bonchev–Trinajstić information content (AvgIpc) is 2.48. The number of rotatable bonds is 5. The van der Waals surface area contributed by atoms with E-state index in [0.717, 1.165) is 5.56 Å². The number of benzene rings is 2. The second-order valence-electron chi connectivity index (χ2n) is 4.35. The number of carbonyl (C=O) groups is 1. The van der Waals surface area contributed by atoms with Gasteiger partial charge in [0.2, 0.25) is 0 Å². The largest absolute Gasteiger partial charge is 0.490 e. The molecular weight excluding hydrogens is 274 g/mol.